The Balaban J connectivity index is 1.47. The molecule has 1 atom stereocenters. The van der Waals surface area contributed by atoms with Gasteiger partial charge in [-0.25, -0.2) is 4.98 Å². The maximum atomic E-state index is 12.3. The van der Waals surface area contributed by atoms with Crippen molar-refractivity contribution in [1.29, 1.82) is 0 Å². The van der Waals surface area contributed by atoms with Crippen LogP contribution < -0.4 is 5.32 Å². The normalized spacial score (nSPS) is 18.0. The Hall–Kier alpha value is -2.18. The second-order valence-corrected chi connectivity index (χ2v) is 6.67. The van der Waals surface area contributed by atoms with Gasteiger partial charge in [0.25, 0.3) is 0 Å². The lowest BCUT2D eigenvalue weighted by atomic mass is 10.1. The molecule has 2 aromatic rings. The topological polar surface area (TPSA) is 67.6 Å². The third kappa shape index (κ3) is 3.60. The molecule has 1 unspecified atom stereocenters. The molecule has 1 fully saturated rings. The van der Waals surface area contributed by atoms with Gasteiger partial charge < -0.3 is 19.4 Å². The minimum atomic E-state index is -0.326. The zero-order valence-electron chi connectivity index (χ0n) is 14.4. The number of rotatable bonds is 6. The van der Waals surface area contributed by atoms with E-state index in [4.69, 9.17) is 9.15 Å². The summed E-state index contributed by atoms with van der Waals surface area (Å²) in [4.78, 5) is 18.8. The lowest BCUT2D eigenvalue weighted by molar-refractivity contribution is -0.131. The third-order valence-corrected chi connectivity index (χ3v) is 4.78. The summed E-state index contributed by atoms with van der Waals surface area (Å²) in [7, 11) is 1.65. The van der Waals surface area contributed by atoms with Gasteiger partial charge in [-0.15, -0.1) is 0 Å². The highest BCUT2D eigenvalue weighted by Gasteiger charge is 2.29. The Kier molecular flexibility index (Phi) is 4.55. The minimum Gasteiger partial charge on any atom is -0.442 e. The van der Waals surface area contributed by atoms with Gasteiger partial charge in [0.15, 0.2) is 6.10 Å². The van der Waals surface area contributed by atoms with Crippen LogP contribution in [-0.2, 0) is 22.5 Å². The molecule has 2 aliphatic rings. The lowest BCUT2D eigenvalue weighted by Gasteiger charge is -2.25. The van der Waals surface area contributed by atoms with E-state index in [1.54, 1.807) is 7.11 Å². The Morgan fingerprint density at radius 2 is 2.20 bits per heavy atom. The van der Waals surface area contributed by atoms with Crippen molar-refractivity contribution in [2.45, 2.75) is 38.0 Å². The molecule has 1 aliphatic carbocycles. The standard InChI is InChI=1S/C19H23N3O3/c1-24-18(13-5-3-2-4-6-13)19-21-15-12-22(10-9-16(15)25-19)17(23)11-20-14-7-8-14/h2-6,14,18,20H,7-12H2,1H3. The largest absolute Gasteiger partial charge is 0.442 e. The van der Waals surface area contributed by atoms with Crippen molar-refractivity contribution in [2.75, 3.05) is 20.2 Å². The van der Waals surface area contributed by atoms with Crippen LogP contribution in [0.4, 0.5) is 0 Å². The minimum absolute atomic E-state index is 0.133. The first-order valence-electron chi connectivity index (χ1n) is 8.82. The number of aromatic nitrogens is 1. The Labute approximate surface area is 147 Å². The van der Waals surface area contributed by atoms with Crippen molar-refractivity contribution >= 4 is 5.91 Å². The molecule has 1 aliphatic heterocycles. The van der Waals surface area contributed by atoms with Crippen molar-refractivity contribution in [3.05, 3.63) is 53.2 Å². The van der Waals surface area contributed by atoms with Crippen LogP contribution in [0.5, 0.6) is 0 Å². The van der Waals surface area contributed by atoms with Gasteiger partial charge in [-0.3, -0.25) is 4.79 Å². The summed E-state index contributed by atoms with van der Waals surface area (Å²) in [5.74, 6) is 1.56. The Morgan fingerprint density at radius 3 is 2.92 bits per heavy atom. The molecule has 25 heavy (non-hydrogen) atoms. The molecular weight excluding hydrogens is 318 g/mol. The number of carbonyl (C=O) groups excluding carboxylic acids is 1. The molecule has 4 rings (SSSR count). The maximum Gasteiger partial charge on any atom is 0.236 e. The second kappa shape index (κ2) is 6.98. The highest BCUT2D eigenvalue weighted by atomic mass is 16.5. The highest BCUT2D eigenvalue weighted by molar-refractivity contribution is 5.78. The Morgan fingerprint density at radius 1 is 1.40 bits per heavy atom. The smallest absolute Gasteiger partial charge is 0.236 e. The van der Waals surface area contributed by atoms with Gasteiger partial charge in [-0.05, 0) is 18.4 Å². The predicted octanol–water partition coefficient (Wildman–Crippen LogP) is 2.05. The summed E-state index contributed by atoms with van der Waals surface area (Å²) in [6, 6.07) is 10.4. The molecule has 1 N–H and O–H groups in total. The SMILES string of the molecule is COC(c1ccccc1)c1nc2c(o1)CCN(C(=O)CNC1CC1)C2. The monoisotopic (exact) mass is 341 g/mol. The van der Waals surface area contributed by atoms with E-state index in [2.05, 4.69) is 10.3 Å². The molecule has 0 bridgehead atoms. The summed E-state index contributed by atoms with van der Waals surface area (Å²) < 4.78 is 11.6. The molecule has 1 aromatic carbocycles. The summed E-state index contributed by atoms with van der Waals surface area (Å²) in [5, 5.41) is 3.28. The number of hydrogen-bond donors (Lipinski definition) is 1. The number of amides is 1. The van der Waals surface area contributed by atoms with Crippen LogP contribution >= 0.6 is 0 Å². The molecule has 0 saturated heterocycles. The second-order valence-electron chi connectivity index (χ2n) is 6.67. The molecule has 1 aromatic heterocycles. The number of hydrogen-bond acceptors (Lipinski definition) is 5. The van der Waals surface area contributed by atoms with E-state index in [1.807, 2.05) is 35.2 Å². The first-order valence-corrected chi connectivity index (χ1v) is 8.82. The molecular formula is C19H23N3O3. The van der Waals surface area contributed by atoms with E-state index in [0.29, 0.717) is 38.0 Å². The molecule has 0 spiro atoms. The van der Waals surface area contributed by atoms with Gasteiger partial charge in [-0.1, -0.05) is 30.3 Å². The number of oxazole rings is 1. The van der Waals surface area contributed by atoms with E-state index in [1.165, 1.54) is 12.8 Å². The first kappa shape index (κ1) is 16.3. The molecule has 1 saturated carbocycles. The highest BCUT2D eigenvalue weighted by Crippen LogP contribution is 2.29. The van der Waals surface area contributed by atoms with Crippen LogP contribution in [-0.4, -0.2) is 42.0 Å². The fraction of sp³-hybridized carbons (Fsp3) is 0.474. The average Bonchev–Trinajstić information content (AvgIpc) is 3.38. The van der Waals surface area contributed by atoms with Crippen molar-refractivity contribution in [1.82, 2.24) is 15.2 Å². The van der Waals surface area contributed by atoms with Crippen LogP contribution in [0.2, 0.25) is 0 Å². The molecule has 2 heterocycles. The van der Waals surface area contributed by atoms with Crippen molar-refractivity contribution in [2.24, 2.45) is 0 Å². The quantitative estimate of drug-likeness (QED) is 0.871. The van der Waals surface area contributed by atoms with Crippen molar-refractivity contribution in [3.63, 3.8) is 0 Å². The fourth-order valence-corrected chi connectivity index (χ4v) is 3.18. The summed E-state index contributed by atoms with van der Waals surface area (Å²) in [5.41, 5.74) is 1.85. The van der Waals surface area contributed by atoms with Gasteiger partial charge in [0.2, 0.25) is 11.8 Å². The third-order valence-electron chi connectivity index (χ3n) is 4.78. The number of benzene rings is 1. The van der Waals surface area contributed by atoms with Gasteiger partial charge >= 0.3 is 0 Å². The molecule has 0 radical (unpaired) electrons. The van der Waals surface area contributed by atoms with Crippen molar-refractivity contribution in [3.8, 4) is 0 Å². The number of fused-ring (bicyclic) bond motifs is 1. The number of nitrogens with zero attached hydrogens (tertiary/aromatic N) is 2. The number of ether oxygens (including phenoxy) is 1. The van der Waals surface area contributed by atoms with Gasteiger partial charge in [0, 0.05) is 26.1 Å². The van der Waals surface area contributed by atoms with E-state index >= 15 is 0 Å². The molecule has 6 nitrogen and oxygen atoms in total. The Bertz CT molecular complexity index is 740. The van der Waals surface area contributed by atoms with E-state index in [9.17, 15) is 4.79 Å². The van der Waals surface area contributed by atoms with Crippen LogP contribution in [0, 0.1) is 0 Å². The maximum absolute atomic E-state index is 12.3. The summed E-state index contributed by atoms with van der Waals surface area (Å²) in [6.45, 7) is 1.60. The van der Waals surface area contributed by atoms with E-state index in [0.717, 1.165) is 17.0 Å². The zero-order valence-corrected chi connectivity index (χ0v) is 14.4. The predicted molar refractivity (Wildman–Crippen MR) is 91.9 cm³/mol. The summed E-state index contributed by atoms with van der Waals surface area (Å²) in [6.07, 6.45) is 2.74. The first-order chi connectivity index (χ1) is 12.2. The lowest BCUT2D eigenvalue weighted by Crippen LogP contribution is -2.41. The van der Waals surface area contributed by atoms with Gasteiger partial charge in [0.1, 0.15) is 11.5 Å². The van der Waals surface area contributed by atoms with Crippen LogP contribution in [0.25, 0.3) is 0 Å². The molecule has 1 amide bonds. The van der Waals surface area contributed by atoms with Gasteiger partial charge in [0.05, 0.1) is 13.1 Å². The zero-order chi connectivity index (χ0) is 17.2. The van der Waals surface area contributed by atoms with Crippen LogP contribution in [0.3, 0.4) is 0 Å². The van der Waals surface area contributed by atoms with Gasteiger partial charge in [-0.2, -0.15) is 0 Å². The van der Waals surface area contributed by atoms with E-state index < -0.39 is 0 Å². The molecule has 6 heteroatoms. The van der Waals surface area contributed by atoms with Crippen LogP contribution in [0.1, 0.15) is 41.9 Å². The average molecular weight is 341 g/mol. The van der Waals surface area contributed by atoms with E-state index in [-0.39, 0.29) is 12.0 Å². The number of methoxy groups -OCH3 is 1. The van der Waals surface area contributed by atoms with Crippen LogP contribution in [0.15, 0.2) is 34.7 Å². The van der Waals surface area contributed by atoms with Crippen molar-refractivity contribution < 1.29 is 13.9 Å². The molecule has 132 valence electrons. The number of carbonyl (C=O) groups is 1. The fourth-order valence-electron chi connectivity index (χ4n) is 3.18. The summed E-state index contributed by atoms with van der Waals surface area (Å²) >= 11 is 0. The number of nitrogens with one attached hydrogen (secondary N) is 1.